The van der Waals surface area contributed by atoms with E-state index in [1.807, 2.05) is 0 Å². The predicted octanol–water partition coefficient (Wildman–Crippen LogP) is 3.07. The summed E-state index contributed by atoms with van der Waals surface area (Å²) in [6, 6.07) is 10.2. The van der Waals surface area contributed by atoms with Gasteiger partial charge in [-0.15, -0.1) is 0 Å². The van der Waals surface area contributed by atoms with Gasteiger partial charge in [0, 0.05) is 12.5 Å². The summed E-state index contributed by atoms with van der Waals surface area (Å²) >= 11 is 0. The smallest absolute Gasteiger partial charge is 0.165 e. The van der Waals surface area contributed by atoms with Gasteiger partial charge >= 0.3 is 0 Å². The number of aliphatic hydroxyl groups is 2. The number of halogens is 2. The van der Waals surface area contributed by atoms with E-state index in [0.717, 1.165) is 18.2 Å². The van der Waals surface area contributed by atoms with Gasteiger partial charge in [-0.3, -0.25) is 0 Å². The Labute approximate surface area is 162 Å². The molecule has 1 aliphatic heterocycles. The third kappa shape index (κ3) is 3.90. The van der Waals surface area contributed by atoms with Crippen LogP contribution in [0.25, 0.3) is 0 Å². The maximum atomic E-state index is 13.6. The molecular formula is C22H25F2NO3. The molecule has 150 valence electrons. The molecule has 4 nitrogen and oxygen atoms in total. The SMILES string of the molecule is Oc1ccc(C(O)CC2NCC3CC(O)(Cc4ccc(F)cc4)CC32)cc1F. The Kier molecular flexibility index (Phi) is 5.12. The van der Waals surface area contributed by atoms with E-state index in [0.29, 0.717) is 37.2 Å². The minimum atomic E-state index is -0.850. The Morgan fingerprint density at radius 1 is 1.11 bits per heavy atom. The summed E-state index contributed by atoms with van der Waals surface area (Å²) in [5.41, 5.74) is 0.511. The van der Waals surface area contributed by atoms with Crippen LogP contribution >= 0.6 is 0 Å². The molecule has 2 aromatic carbocycles. The van der Waals surface area contributed by atoms with Crippen molar-refractivity contribution < 1.29 is 24.1 Å². The molecule has 1 saturated carbocycles. The molecule has 5 unspecified atom stereocenters. The molecule has 0 amide bonds. The average molecular weight is 389 g/mol. The van der Waals surface area contributed by atoms with Gasteiger partial charge in [-0.2, -0.15) is 0 Å². The van der Waals surface area contributed by atoms with Gasteiger partial charge in [0.2, 0.25) is 0 Å². The highest BCUT2D eigenvalue weighted by atomic mass is 19.1. The van der Waals surface area contributed by atoms with Gasteiger partial charge in [-0.1, -0.05) is 18.2 Å². The first-order valence-corrected chi connectivity index (χ1v) is 9.70. The quantitative estimate of drug-likeness (QED) is 0.634. The number of aromatic hydroxyl groups is 1. The largest absolute Gasteiger partial charge is 0.505 e. The Morgan fingerprint density at radius 2 is 1.86 bits per heavy atom. The Balaban J connectivity index is 1.41. The van der Waals surface area contributed by atoms with Crippen molar-refractivity contribution in [3.8, 4) is 5.75 Å². The standard InChI is InChI=1S/C22H25F2NO3/c23-16-4-1-13(2-5-16)9-22(28)10-15-12-25-19(17(15)11-22)8-21(27)14-3-6-20(26)18(24)7-14/h1-7,15,17,19,21,25-28H,8-12H2. The highest BCUT2D eigenvalue weighted by Gasteiger charge is 2.50. The Bertz CT molecular complexity index is 844. The van der Waals surface area contributed by atoms with E-state index in [1.54, 1.807) is 12.1 Å². The van der Waals surface area contributed by atoms with Crippen LogP contribution in [-0.2, 0) is 6.42 Å². The summed E-state index contributed by atoms with van der Waals surface area (Å²) in [4.78, 5) is 0. The Hall–Kier alpha value is -2.02. The number of aliphatic hydroxyl groups excluding tert-OH is 1. The minimum Gasteiger partial charge on any atom is -0.505 e. The van der Waals surface area contributed by atoms with E-state index in [9.17, 15) is 24.1 Å². The number of phenols is 1. The topological polar surface area (TPSA) is 72.7 Å². The number of nitrogens with one attached hydrogen (secondary N) is 1. The van der Waals surface area contributed by atoms with E-state index in [-0.39, 0.29) is 17.8 Å². The first-order chi connectivity index (χ1) is 13.3. The number of fused-ring (bicyclic) bond motifs is 1. The zero-order chi connectivity index (χ0) is 19.9. The van der Waals surface area contributed by atoms with Gasteiger partial charge in [0.25, 0.3) is 0 Å². The summed E-state index contributed by atoms with van der Waals surface area (Å²) in [6.07, 6.45) is 1.33. The van der Waals surface area contributed by atoms with E-state index >= 15 is 0 Å². The summed E-state index contributed by atoms with van der Waals surface area (Å²) in [5.74, 6) is -0.927. The molecule has 1 heterocycles. The van der Waals surface area contributed by atoms with Crippen LogP contribution in [-0.4, -0.2) is 33.5 Å². The summed E-state index contributed by atoms with van der Waals surface area (Å²) < 4.78 is 26.7. The maximum Gasteiger partial charge on any atom is 0.165 e. The monoisotopic (exact) mass is 389 g/mol. The molecule has 0 radical (unpaired) electrons. The molecule has 2 fully saturated rings. The van der Waals surface area contributed by atoms with Crippen LogP contribution in [0.5, 0.6) is 5.75 Å². The Morgan fingerprint density at radius 3 is 2.57 bits per heavy atom. The van der Waals surface area contributed by atoms with Gasteiger partial charge in [0.1, 0.15) is 5.82 Å². The second kappa shape index (κ2) is 7.43. The fourth-order valence-electron chi connectivity index (χ4n) is 4.97. The third-order valence-corrected chi connectivity index (χ3v) is 6.30. The van der Waals surface area contributed by atoms with E-state index in [1.165, 1.54) is 24.3 Å². The lowest BCUT2D eigenvalue weighted by Gasteiger charge is -2.27. The zero-order valence-corrected chi connectivity index (χ0v) is 15.5. The number of phenolic OH excluding ortho intramolecular Hbond substituents is 1. The lowest BCUT2D eigenvalue weighted by Crippen LogP contribution is -2.35. The normalized spacial score (nSPS) is 30.4. The minimum absolute atomic E-state index is 0.0270. The molecule has 4 rings (SSSR count). The van der Waals surface area contributed by atoms with E-state index < -0.39 is 23.3 Å². The van der Waals surface area contributed by atoms with Crippen LogP contribution in [0.1, 0.15) is 36.5 Å². The first kappa shape index (κ1) is 19.3. The number of hydrogen-bond acceptors (Lipinski definition) is 4. The first-order valence-electron chi connectivity index (χ1n) is 9.70. The van der Waals surface area contributed by atoms with E-state index in [4.69, 9.17) is 0 Å². The summed E-state index contributed by atoms with van der Waals surface area (Å²) in [7, 11) is 0. The average Bonchev–Trinajstić information content (AvgIpc) is 3.16. The van der Waals surface area contributed by atoms with Crippen molar-refractivity contribution >= 4 is 0 Å². The third-order valence-electron chi connectivity index (χ3n) is 6.30. The van der Waals surface area contributed by atoms with E-state index in [2.05, 4.69) is 5.32 Å². The molecule has 0 spiro atoms. The molecule has 2 aromatic rings. The molecule has 4 N–H and O–H groups in total. The van der Waals surface area contributed by atoms with Crippen LogP contribution in [0.15, 0.2) is 42.5 Å². The zero-order valence-electron chi connectivity index (χ0n) is 15.5. The summed E-state index contributed by atoms with van der Waals surface area (Å²) in [6.45, 7) is 0.776. The fourth-order valence-corrected chi connectivity index (χ4v) is 4.97. The maximum absolute atomic E-state index is 13.6. The molecule has 1 aliphatic carbocycles. The molecule has 6 heteroatoms. The predicted molar refractivity (Wildman–Crippen MR) is 101 cm³/mol. The van der Waals surface area contributed by atoms with Crippen LogP contribution < -0.4 is 5.32 Å². The number of rotatable bonds is 5. The van der Waals surface area contributed by atoms with Crippen molar-refractivity contribution in [3.05, 3.63) is 65.2 Å². The van der Waals surface area contributed by atoms with Crippen molar-refractivity contribution in [2.75, 3.05) is 6.54 Å². The van der Waals surface area contributed by atoms with Gasteiger partial charge in [0.05, 0.1) is 11.7 Å². The number of benzene rings is 2. The lowest BCUT2D eigenvalue weighted by molar-refractivity contribution is 0.0362. The van der Waals surface area contributed by atoms with Crippen LogP contribution in [0.3, 0.4) is 0 Å². The van der Waals surface area contributed by atoms with Crippen molar-refractivity contribution in [2.45, 2.75) is 43.4 Å². The second-order valence-electron chi connectivity index (χ2n) is 8.34. The van der Waals surface area contributed by atoms with Crippen molar-refractivity contribution in [3.63, 3.8) is 0 Å². The van der Waals surface area contributed by atoms with Crippen LogP contribution in [0.4, 0.5) is 8.78 Å². The molecule has 0 bridgehead atoms. The van der Waals surface area contributed by atoms with Gasteiger partial charge in [-0.25, -0.2) is 8.78 Å². The van der Waals surface area contributed by atoms with Crippen LogP contribution in [0, 0.1) is 23.5 Å². The molecule has 0 aromatic heterocycles. The summed E-state index contributed by atoms with van der Waals surface area (Å²) in [5, 5.41) is 34.4. The molecule has 1 saturated heterocycles. The molecule has 2 aliphatic rings. The fraction of sp³-hybridized carbons (Fsp3) is 0.455. The number of hydrogen-bond donors (Lipinski definition) is 4. The lowest BCUT2D eigenvalue weighted by atomic mass is 9.87. The van der Waals surface area contributed by atoms with Gasteiger partial charge in [0.15, 0.2) is 11.6 Å². The molecule has 5 atom stereocenters. The van der Waals surface area contributed by atoms with Gasteiger partial charge in [-0.05, 0) is 73.0 Å². The van der Waals surface area contributed by atoms with Crippen LogP contribution in [0.2, 0.25) is 0 Å². The highest BCUT2D eigenvalue weighted by molar-refractivity contribution is 5.29. The highest BCUT2D eigenvalue weighted by Crippen LogP contribution is 2.47. The van der Waals surface area contributed by atoms with Crippen molar-refractivity contribution in [2.24, 2.45) is 11.8 Å². The molecular weight excluding hydrogens is 364 g/mol. The van der Waals surface area contributed by atoms with Crippen molar-refractivity contribution in [1.82, 2.24) is 5.32 Å². The van der Waals surface area contributed by atoms with Crippen molar-refractivity contribution in [1.29, 1.82) is 0 Å². The second-order valence-corrected chi connectivity index (χ2v) is 8.34. The van der Waals surface area contributed by atoms with Gasteiger partial charge < -0.3 is 20.6 Å². The molecule has 28 heavy (non-hydrogen) atoms.